The number of carbonyl (C=O) groups is 1. The standard InChI is InChI=1S/C23H25F2N3OS2/c1-22(2,24)14-23(25)10-12-28(13-11-23)21(29)16-6-8-17(9-7-16)27-31-19-5-3-4-18-20(19)26-15-30-18/h3-9,15,27H,10-14H2,1-2H3. The molecule has 0 spiro atoms. The fourth-order valence-corrected chi connectivity index (χ4v) is 5.50. The molecule has 0 bridgehead atoms. The van der Waals surface area contributed by atoms with Crippen molar-refractivity contribution in [1.29, 1.82) is 0 Å². The second-order valence-electron chi connectivity index (χ2n) is 8.58. The summed E-state index contributed by atoms with van der Waals surface area (Å²) in [7, 11) is 0. The molecule has 1 fully saturated rings. The predicted molar refractivity (Wildman–Crippen MR) is 124 cm³/mol. The number of nitrogens with one attached hydrogen (secondary N) is 1. The molecule has 31 heavy (non-hydrogen) atoms. The van der Waals surface area contributed by atoms with Crippen molar-refractivity contribution in [1.82, 2.24) is 9.88 Å². The van der Waals surface area contributed by atoms with Crippen LogP contribution < -0.4 is 4.72 Å². The number of fused-ring (bicyclic) bond motifs is 1. The summed E-state index contributed by atoms with van der Waals surface area (Å²) in [5, 5.41) is 0. The van der Waals surface area contributed by atoms with Crippen molar-refractivity contribution in [3.05, 3.63) is 53.5 Å². The Morgan fingerprint density at radius 2 is 1.94 bits per heavy atom. The van der Waals surface area contributed by atoms with Crippen molar-refractivity contribution in [2.24, 2.45) is 0 Å². The lowest BCUT2D eigenvalue weighted by atomic mass is 9.84. The van der Waals surface area contributed by atoms with Gasteiger partial charge in [0.25, 0.3) is 5.91 Å². The number of aromatic nitrogens is 1. The number of piperidine rings is 1. The number of carbonyl (C=O) groups excluding carboxylic acids is 1. The number of hydrogen-bond donors (Lipinski definition) is 1. The molecule has 2 aromatic carbocycles. The van der Waals surface area contributed by atoms with Gasteiger partial charge in [-0.05, 0) is 75.0 Å². The molecule has 1 aromatic heterocycles. The Morgan fingerprint density at radius 1 is 1.23 bits per heavy atom. The molecule has 1 aliphatic heterocycles. The Labute approximate surface area is 189 Å². The van der Waals surface area contributed by atoms with Crippen LogP contribution in [0.1, 0.15) is 43.5 Å². The van der Waals surface area contributed by atoms with E-state index in [4.69, 9.17) is 0 Å². The average molecular weight is 462 g/mol. The third-order valence-corrected chi connectivity index (χ3v) is 7.10. The smallest absolute Gasteiger partial charge is 0.253 e. The number of benzene rings is 2. The number of nitrogens with zero attached hydrogens (tertiary/aromatic N) is 2. The normalized spacial score (nSPS) is 16.5. The van der Waals surface area contributed by atoms with E-state index < -0.39 is 11.3 Å². The maximum atomic E-state index is 14.9. The number of rotatable bonds is 6. The van der Waals surface area contributed by atoms with Gasteiger partial charge in [0.1, 0.15) is 11.3 Å². The van der Waals surface area contributed by atoms with Gasteiger partial charge < -0.3 is 9.62 Å². The molecule has 8 heteroatoms. The Kier molecular flexibility index (Phi) is 6.21. The number of para-hydroxylation sites is 1. The summed E-state index contributed by atoms with van der Waals surface area (Å²) in [6.45, 7) is 3.41. The SMILES string of the molecule is CC(C)(F)CC1(F)CCN(C(=O)c2ccc(NSc3cccc4scnc34)cc2)CC1. The summed E-state index contributed by atoms with van der Waals surface area (Å²) >= 11 is 3.09. The van der Waals surface area contributed by atoms with Crippen molar-refractivity contribution in [3.63, 3.8) is 0 Å². The van der Waals surface area contributed by atoms with Crippen LogP contribution in [0, 0.1) is 0 Å². The largest absolute Gasteiger partial charge is 0.338 e. The first-order valence-corrected chi connectivity index (χ1v) is 11.9. The Balaban J connectivity index is 1.34. The quantitative estimate of drug-likeness (QED) is 0.426. The maximum Gasteiger partial charge on any atom is 0.253 e. The van der Waals surface area contributed by atoms with Crippen LogP contribution in [-0.2, 0) is 0 Å². The highest BCUT2D eigenvalue weighted by atomic mass is 32.2. The van der Waals surface area contributed by atoms with Gasteiger partial charge in [0.15, 0.2) is 0 Å². The van der Waals surface area contributed by atoms with Crippen LogP contribution in [0.25, 0.3) is 10.2 Å². The molecule has 1 saturated heterocycles. The van der Waals surface area contributed by atoms with Crippen molar-refractivity contribution in [3.8, 4) is 0 Å². The van der Waals surface area contributed by atoms with Crippen molar-refractivity contribution in [2.75, 3.05) is 17.8 Å². The third kappa shape index (κ3) is 5.36. The minimum atomic E-state index is -1.55. The van der Waals surface area contributed by atoms with Crippen LogP contribution in [0.4, 0.5) is 14.5 Å². The van der Waals surface area contributed by atoms with Crippen LogP contribution in [0.2, 0.25) is 0 Å². The topological polar surface area (TPSA) is 45.2 Å². The molecule has 164 valence electrons. The van der Waals surface area contributed by atoms with Crippen LogP contribution in [-0.4, -0.2) is 40.2 Å². The molecular formula is C23H25F2N3OS2. The highest BCUT2D eigenvalue weighted by Gasteiger charge is 2.40. The Bertz CT molecular complexity index is 1050. The molecule has 1 aliphatic rings. The van der Waals surface area contributed by atoms with Gasteiger partial charge in [-0.25, -0.2) is 13.8 Å². The number of halogens is 2. The van der Waals surface area contributed by atoms with Gasteiger partial charge in [0.2, 0.25) is 0 Å². The minimum Gasteiger partial charge on any atom is -0.338 e. The van der Waals surface area contributed by atoms with Gasteiger partial charge in [-0.2, -0.15) is 0 Å². The van der Waals surface area contributed by atoms with Crippen LogP contribution in [0.15, 0.2) is 52.9 Å². The van der Waals surface area contributed by atoms with E-state index in [-0.39, 0.29) is 25.2 Å². The third-order valence-electron chi connectivity index (χ3n) is 5.42. The van der Waals surface area contributed by atoms with Gasteiger partial charge in [0, 0.05) is 30.8 Å². The van der Waals surface area contributed by atoms with Gasteiger partial charge in [0.05, 0.1) is 20.6 Å². The number of amides is 1. The van der Waals surface area contributed by atoms with E-state index in [0.717, 1.165) is 20.8 Å². The Hall–Kier alpha value is -2.19. The van der Waals surface area contributed by atoms with Gasteiger partial charge >= 0.3 is 0 Å². The van der Waals surface area contributed by atoms with Gasteiger partial charge in [-0.3, -0.25) is 4.79 Å². The van der Waals surface area contributed by atoms with E-state index in [9.17, 15) is 13.6 Å². The minimum absolute atomic E-state index is 0.118. The molecule has 3 aromatic rings. The van der Waals surface area contributed by atoms with E-state index in [2.05, 4.69) is 9.71 Å². The lowest BCUT2D eigenvalue weighted by Gasteiger charge is -2.38. The summed E-state index contributed by atoms with van der Waals surface area (Å²) in [5.41, 5.74) is 1.16. The molecule has 0 saturated carbocycles. The Morgan fingerprint density at radius 3 is 2.61 bits per heavy atom. The molecule has 4 rings (SSSR count). The summed E-state index contributed by atoms with van der Waals surface area (Å²) < 4.78 is 33.2. The molecule has 0 unspecified atom stereocenters. The molecule has 2 heterocycles. The fourth-order valence-electron chi connectivity index (χ4n) is 3.96. The number of likely N-dealkylation sites (tertiary alicyclic amines) is 1. The molecular weight excluding hydrogens is 436 g/mol. The van der Waals surface area contributed by atoms with E-state index in [1.54, 1.807) is 28.4 Å². The van der Waals surface area contributed by atoms with E-state index in [1.165, 1.54) is 25.8 Å². The lowest BCUT2D eigenvalue weighted by molar-refractivity contribution is 0.00996. The van der Waals surface area contributed by atoms with E-state index >= 15 is 0 Å². The first-order chi connectivity index (χ1) is 14.7. The van der Waals surface area contributed by atoms with Crippen molar-refractivity contribution < 1.29 is 13.6 Å². The molecule has 0 radical (unpaired) electrons. The second-order valence-corrected chi connectivity index (χ2v) is 10.3. The monoisotopic (exact) mass is 461 g/mol. The summed E-state index contributed by atoms with van der Waals surface area (Å²) in [5.74, 6) is -0.118. The zero-order valence-electron chi connectivity index (χ0n) is 17.5. The van der Waals surface area contributed by atoms with Crippen molar-refractivity contribution in [2.45, 2.75) is 49.3 Å². The summed E-state index contributed by atoms with van der Waals surface area (Å²) in [4.78, 5) is 19.9. The van der Waals surface area contributed by atoms with Crippen molar-refractivity contribution >= 4 is 45.1 Å². The number of anilines is 1. The molecule has 4 nitrogen and oxygen atoms in total. The molecule has 0 aliphatic carbocycles. The maximum absolute atomic E-state index is 14.9. The average Bonchev–Trinajstić information content (AvgIpc) is 3.20. The predicted octanol–water partition coefficient (Wildman–Crippen LogP) is 6.50. The lowest BCUT2D eigenvalue weighted by Crippen LogP contribution is -2.46. The number of thiazole rings is 1. The fraction of sp³-hybridized carbons (Fsp3) is 0.391. The van der Waals surface area contributed by atoms with Gasteiger partial charge in [-0.15, -0.1) is 11.3 Å². The molecule has 1 N–H and O–H groups in total. The first-order valence-electron chi connectivity index (χ1n) is 10.2. The van der Waals surface area contributed by atoms with Crippen LogP contribution in [0.3, 0.4) is 0 Å². The van der Waals surface area contributed by atoms with E-state index in [1.807, 2.05) is 35.8 Å². The zero-order valence-corrected chi connectivity index (χ0v) is 19.2. The summed E-state index contributed by atoms with van der Waals surface area (Å²) in [6.07, 6.45) is 0.212. The highest BCUT2D eigenvalue weighted by Crippen LogP contribution is 2.36. The molecule has 1 amide bonds. The highest BCUT2D eigenvalue weighted by molar-refractivity contribution is 8.00. The van der Waals surface area contributed by atoms with Crippen LogP contribution >= 0.6 is 23.3 Å². The zero-order chi connectivity index (χ0) is 22.1. The van der Waals surface area contributed by atoms with E-state index in [0.29, 0.717) is 18.7 Å². The number of alkyl halides is 2. The first kappa shape index (κ1) is 22.0. The summed E-state index contributed by atoms with van der Waals surface area (Å²) in [6, 6.07) is 13.3. The van der Waals surface area contributed by atoms with Crippen LogP contribution in [0.5, 0.6) is 0 Å². The molecule has 0 atom stereocenters. The van der Waals surface area contributed by atoms with Gasteiger partial charge in [-0.1, -0.05) is 6.07 Å². The number of hydrogen-bond acceptors (Lipinski definition) is 5. The second kappa shape index (κ2) is 8.74.